The Morgan fingerprint density at radius 3 is 2.40 bits per heavy atom. The molecule has 0 spiro atoms. The third kappa shape index (κ3) is 4.37. The van der Waals surface area contributed by atoms with Crippen LogP contribution in [0.2, 0.25) is 0 Å². The van der Waals surface area contributed by atoms with Gasteiger partial charge in [-0.25, -0.2) is 4.79 Å². The standard InChI is InChI=1S/C30H27F2NO7/c1-29(11-10-18-12-25-26(14-21(18)29)40-30(31,32)39-25)28(35)33-22-15-23(16-4-6-17(7-5-16)27(34)37-3)38-24-13-19(36-2)8-9-20(22)24/h4-9,12-14,22-23H,10-11,15H2,1-3H3,(H,33,35)/t22-,23-,29?/m1/s1. The zero-order chi connectivity index (χ0) is 28.2. The van der Waals surface area contributed by atoms with Gasteiger partial charge in [-0.1, -0.05) is 12.1 Å². The molecule has 10 heteroatoms. The minimum Gasteiger partial charge on any atom is -0.497 e. The molecular formula is C30H27F2NO7. The average Bonchev–Trinajstić information content (AvgIpc) is 3.45. The van der Waals surface area contributed by atoms with Gasteiger partial charge in [0.05, 0.1) is 31.2 Å². The zero-order valence-electron chi connectivity index (χ0n) is 22.1. The molecule has 0 aromatic heterocycles. The highest BCUT2D eigenvalue weighted by Crippen LogP contribution is 2.49. The Morgan fingerprint density at radius 1 is 0.975 bits per heavy atom. The van der Waals surface area contributed by atoms with E-state index in [9.17, 15) is 18.4 Å². The van der Waals surface area contributed by atoms with Crippen molar-refractivity contribution in [1.82, 2.24) is 5.32 Å². The van der Waals surface area contributed by atoms with Crippen molar-refractivity contribution in [2.24, 2.45) is 0 Å². The van der Waals surface area contributed by atoms with Crippen LogP contribution >= 0.6 is 0 Å². The number of esters is 1. The molecule has 6 rings (SSSR count). The van der Waals surface area contributed by atoms with Crippen molar-refractivity contribution < 1.29 is 42.1 Å². The molecule has 40 heavy (non-hydrogen) atoms. The smallest absolute Gasteiger partial charge is 0.497 e. The molecule has 1 amide bonds. The normalized spacial score (nSPS) is 23.4. The molecule has 3 aromatic rings. The molecule has 0 saturated heterocycles. The molecule has 2 heterocycles. The van der Waals surface area contributed by atoms with E-state index in [0.29, 0.717) is 41.9 Å². The Labute approximate surface area is 229 Å². The van der Waals surface area contributed by atoms with Crippen molar-refractivity contribution in [2.45, 2.75) is 50.0 Å². The second-order valence-electron chi connectivity index (χ2n) is 10.3. The number of amides is 1. The number of rotatable bonds is 5. The van der Waals surface area contributed by atoms with Gasteiger partial charge in [0.2, 0.25) is 5.91 Å². The Morgan fingerprint density at radius 2 is 1.70 bits per heavy atom. The van der Waals surface area contributed by atoms with E-state index in [-0.39, 0.29) is 17.4 Å². The lowest BCUT2D eigenvalue weighted by Crippen LogP contribution is -2.44. The Hall–Kier alpha value is -4.34. The predicted octanol–water partition coefficient (Wildman–Crippen LogP) is 5.39. The quantitative estimate of drug-likeness (QED) is 0.425. The number of methoxy groups -OCH3 is 2. The largest absolute Gasteiger partial charge is 0.586 e. The fourth-order valence-corrected chi connectivity index (χ4v) is 5.70. The third-order valence-corrected chi connectivity index (χ3v) is 7.94. The predicted molar refractivity (Wildman–Crippen MR) is 138 cm³/mol. The van der Waals surface area contributed by atoms with Gasteiger partial charge in [-0.15, -0.1) is 8.78 Å². The molecule has 3 aliphatic rings. The number of fused-ring (bicyclic) bond motifs is 3. The van der Waals surface area contributed by atoms with Gasteiger partial charge >= 0.3 is 12.3 Å². The Balaban J connectivity index is 1.29. The molecule has 0 fully saturated rings. The summed E-state index contributed by atoms with van der Waals surface area (Å²) in [4.78, 5) is 25.8. The molecule has 1 N–H and O–H groups in total. The summed E-state index contributed by atoms with van der Waals surface area (Å²) in [6.45, 7) is 1.81. The van der Waals surface area contributed by atoms with E-state index in [2.05, 4.69) is 14.8 Å². The summed E-state index contributed by atoms with van der Waals surface area (Å²) < 4.78 is 53.1. The van der Waals surface area contributed by atoms with Crippen LogP contribution in [-0.2, 0) is 21.4 Å². The number of ether oxygens (including phenoxy) is 5. The van der Waals surface area contributed by atoms with Gasteiger partial charge in [0.1, 0.15) is 17.6 Å². The first-order valence-corrected chi connectivity index (χ1v) is 12.9. The lowest BCUT2D eigenvalue weighted by atomic mass is 9.82. The highest BCUT2D eigenvalue weighted by atomic mass is 19.3. The van der Waals surface area contributed by atoms with Gasteiger partial charge in [0.25, 0.3) is 0 Å². The highest BCUT2D eigenvalue weighted by Gasteiger charge is 2.48. The number of alkyl halides is 2. The second kappa shape index (κ2) is 9.39. The third-order valence-electron chi connectivity index (χ3n) is 7.94. The van der Waals surface area contributed by atoms with Crippen molar-refractivity contribution in [3.8, 4) is 23.0 Å². The molecule has 3 atom stereocenters. The summed E-state index contributed by atoms with van der Waals surface area (Å²) in [5, 5.41) is 3.20. The molecule has 0 bridgehead atoms. The van der Waals surface area contributed by atoms with Crippen molar-refractivity contribution in [2.75, 3.05) is 14.2 Å². The molecule has 0 saturated carbocycles. The molecule has 208 valence electrons. The summed E-state index contributed by atoms with van der Waals surface area (Å²) in [5.41, 5.74) is 2.49. The van der Waals surface area contributed by atoms with Crippen molar-refractivity contribution in [3.05, 3.63) is 82.4 Å². The lowest BCUT2D eigenvalue weighted by Gasteiger charge is -2.35. The lowest BCUT2D eigenvalue weighted by molar-refractivity contribution is -0.286. The number of hydrogen-bond acceptors (Lipinski definition) is 7. The van der Waals surface area contributed by atoms with Crippen LogP contribution in [0.5, 0.6) is 23.0 Å². The number of aryl methyl sites for hydroxylation is 1. The van der Waals surface area contributed by atoms with Gasteiger partial charge < -0.3 is 29.0 Å². The van der Waals surface area contributed by atoms with E-state index in [0.717, 1.165) is 16.7 Å². The zero-order valence-corrected chi connectivity index (χ0v) is 22.1. The van der Waals surface area contributed by atoms with Gasteiger partial charge in [-0.2, -0.15) is 0 Å². The summed E-state index contributed by atoms with van der Waals surface area (Å²) in [7, 11) is 2.89. The van der Waals surface area contributed by atoms with Crippen molar-refractivity contribution in [3.63, 3.8) is 0 Å². The van der Waals surface area contributed by atoms with E-state index in [4.69, 9.17) is 14.2 Å². The van der Waals surface area contributed by atoms with E-state index in [1.807, 2.05) is 13.0 Å². The first-order chi connectivity index (χ1) is 19.1. The van der Waals surface area contributed by atoms with Gasteiger partial charge in [-0.05, 0) is 72.9 Å². The maximum atomic E-state index is 13.9. The second-order valence-corrected chi connectivity index (χ2v) is 10.3. The van der Waals surface area contributed by atoms with Crippen molar-refractivity contribution in [1.29, 1.82) is 0 Å². The number of nitrogens with one attached hydrogen (secondary N) is 1. The highest BCUT2D eigenvalue weighted by molar-refractivity contribution is 5.90. The first-order valence-electron chi connectivity index (χ1n) is 12.9. The number of carbonyl (C=O) groups excluding carboxylic acids is 2. The maximum Gasteiger partial charge on any atom is 0.586 e. The first kappa shape index (κ1) is 25.9. The number of hydrogen-bond donors (Lipinski definition) is 1. The summed E-state index contributed by atoms with van der Waals surface area (Å²) in [5.74, 6) is 0.402. The van der Waals surface area contributed by atoms with Gasteiger partial charge in [-0.3, -0.25) is 4.79 Å². The van der Waals surface area contributed by atoms with Gasteiger partial charge in [0, 0.05) is 18.1 Å². The van der Waals surface area contributed by atoms with E-state index in [1.54, 1.807) is 43.5 Å². The monoisotopic (exact) mass is 551 g/mol. The van der Waals surface area contributed by atoms with E-state index >= 15 is 0 Å². The average molecular weight is 552 g/mol. The van der Waals surface area contributed by atoms with Crippen LogP contribution in [0.1, 0.15) is 64.5 Å². The summed E-state index contributed by atoms with van der Waals surface area (Å²) >= 11 is 0. The van der Waals surface area contributed by atoms with Gasteiger partial charge in [0.15, 0.2) is 11.5 Å². The molecule has 0 radical (unpaired) electrons. The van der Waals surface area contributed by atoms with Crippen LogP contribution in [0.25, 0.3) is 0 Å². The van der Waals surface area contributed by atoms with Crippen LogP contribution in [-0.4, -0.2) is 32.4 Å². The fraction of sp³-hybridized carbons (Fsp3) is 0.333. The molecule has 8 nitrogen and oxygen atoms in total. The molecule has 2 aliphatic heterocycles. The molecule has 1 aliphatic carbocycles. The number of carbonyl (C=O) groups is 2. The summed E-state index contributed by atoms with van der Waals surface area (Å²) in [6.07, 6.45) is -2.68. The SMILES string of the molecule is COC(=O)c1ccc([C@H]2C[C@@H](NC(=O)C3(C)CCc4cc5c(cc43)OC(F)(F)O5)c3ccc(OC)cc3O2)cc1. The Kier molecular flexibility index (Phi) is 6.08. The molecular weight excluding hydrogens is 524 g/mol. The fourth-order valence-electron chi connectivity index (χ4n) is 5.70. The van der Waals surface area contributed by atoms with E-state index < -0.39 is 29.8 Å². The topological polar surface area (TPSA) is 92.3 Å². The Bertz CT molecular complexity index is 1510. The van der Waals surface area contributed by atoms with Crippen LogP contribution in [0.3, 0.4) is 0 Å². The van der Waals surface area contributed by atoms with Crippen molar-refractivity contribution >= 4 is 11.9 Å². The van der Waals surface area contributed by atoms with Crippen LogP contribution in [0.4, 0.5) is 8.78 Å². The maximum absolute atomic E-state index is 13.9. The molecule has 3 aromatic carbocycles. The number of halogens is 2. The minimum absolute atomic E-state index is 0.0261. The van der Waals surface area contributed by atoms with Crippen LogP contribution in [0, 0.1) is 0 Å². The van der Waals surface area contributed by atoms with Crippen LogP contribution in [0.15, 0.2) is 54.6 Å². The molecule has 1 unspecified atom stereocenters. The summed E-state index contributed by atoms with van der Waals surface area (Å²) in [6, 6.07) is 15.0. The van der Waals surface area contributed by atoms with Crippen LogP contribution < -0.4 is 24.3 Å². The van der Waals surface area contributed by atoms with E-state index in [1.165, 1.54) is 19.2 Å². The minimum atomic E-state index is -3.73. The number of benzene rings is 3.